The Morgan fingerprint density at radius 2 is 0.927 bits per heavy atom. The van der Waals surface area contributed by atoms with E-state index in [9.17, 15) is 0 Å². The van der Waals surface area contributed by atoms with Crippen LogP contribution in [0.15, 0.2) is 53.5 Å². The SMILES string of the molecule is CCCCCCCCCCCCCCCCCCOc1ccc(C=Nc2ccc(CCCCCCCC)cc2)cc1. The lowest BCUT2D eigenvalue weighted by Crippen LogP contribution is -1.97. The second kappa shape index (κ2) is 25.6. The van der Waals surface area contributed by atoms with Gasteiger partial charge in [0.15, 0.2) is 0 Å². The summed E-state index contributed by atoms with van der Waals surface area (Å²) in [6.45, 7) is 5.39. The van der Waals surface area contributed by atoms with Gasteiger partial charge in [0, 0.05) is 6.21 Å². The number of benzene rings is 2. The number of hydrogen-bond donors (Lipinski definition) is 0. The van der Waals surface area contributed by atoms with Gasteiger partial charge < -0.3 is 4.74 Å². The Balaban J connectivity index is 1.44. The van der Waals surface area contributed by atoms with Crippen LogP contribution < -0.4 is 4.74 Å². The molecule has 0 saturated carbocycles. The lowest BCUT2D eigenvalue weighted by molar-refractivity contribution is 0.304. The summed E-state index contributed by atoms with van der Waals surface area (Å²) < 4.78 is 5.97. The summed E-state index contributed by atoms with van der Waals surface area (Å²) in [5.41, 5.74) is 3.54. The summed E-state index contributed by atoms with van der Waals surface area (Å²) >= 11 is 0. The molecule has 0 aromatic heterocycles. The number of aryl methyl sites for hydroxylation is 1. The fraction of sp³-hybridized carbons (Fsp3) is 0.667. The van der Waals surface area contributed by atoms with Crippen molar-refractivity contribution in [2.45, 2.75) is 162 Å². The maximum atomic E-state index is 5.97. The van der Waals surface area contributed by atoms with Crippen molar-refractivity contribution < 1.29 is 4.74 Å². The molecule has 0 aliphatic rings. The van der Waals surface area contributed by atoms with Gasteiger partial charge in [-0.1, -0.05) is 154 Å². The van der Waals surface area contributed by atoms with Crippen LogP contribution in [-0.2, 0) is 6.42 Å². The monoisotopic (exact) mass is 561 g/mol. The lowest BCUT2D eigenvalue weighted by Gasteiger charge is -2.07. The molecule has 2 rings (SSSR count). The van der Waals surface area contributed by atoms with Gasteiger partial charge in [0.05, 0.1) is 12.3 Å². The van der Waals surface area contributed by atoms with Gasteiger partial charge in [-0.3, -0.25) is 4.99 Å². The van der Waals surface area contributed by atoms with Crippen LogP contribution in [0, 0.1) is 0 Å². The van der Waals surface area contributed by atoms with Gasteiger partial charge >= 0.3 is 0 Å². The van der Waals surface area contributed by atoms with Gasteiger partial charge in [-0.2, -0.15) is 0 Å². The van der Waals surface area contributed by atoms with Crippen LogP contribution in [0.4, 0.5) is 5.69 Å². The van der Waals surface area contributed by atoms with E-state index in [0.717, 1.165) is 30.0 Å². The van der Waals surface area contributed by atoms with E-state index >= 15 is 0 Å². The van der Waals surface area contributed by atoms with Gasteiger partial charge in [0.2, 0.25) is 0 Å². The van der Waals surface area contributed by atoms with Crippen molar-refractivity contribution >= 4 is 11.9 Å². The van der Waals surface area contributed by atoms with Crippen LogP contribution in [0.2, 0.25) is 0 Å². The predicted molar refractivity (Wildman–Crippen MR) is 182 cm³/mol. The Labute approximate surface area is 254 Å². The Kier molecular flexibility index (Phi) is 21.9. The molecule has 0 heterocycles. The standard InChI is InChI=1S/C39H63NO/c1-3-5-7-9-11-12-13-14-15-16-17-18-19-20-22-24-34-41-39-32-28-37(29-33-39)35-40-38-30-26-36(27-31-38)25-23-21-10-8-6-4-2/h26-33,35H,3-25,34H2,1-2H3. The van der Waals surface area contributed by atoms with Gasteiger partial charge in [0.1, 0.15) is 5.75 Å². The molecule has 230 valence electrons. The molecule has 2 heteroatoms. The molecule has 0 unspecified atom stereocenters. The molecule has 0 atom stereocenters. The van der Waals surface area contributed by atoms with E-state index in [0.29, 0.717) is 0 Å². The molecule has 0 fully saturated rings. The summed E-state index contributed by atoms with van der Waals surface area (Å²) in [5.74, 6) is 0.960. The van der Waals surface area contributed by atoms with Crippen molar-refractivity contribution in [2.24, 2.45) is 4.99 Å². The van der Waals surface area contributed by atoms with E-state index in [2.05, 4.69) is 67.4 Å². The van der Waals surface area contributed by atoms with Gasteiger partial charge in [-0.25, -0.2) is 0 Å². The van der Waals surface area contributed by atoms with Gasteiger partial charge in [-0.05, 0) is 66.8 Å². The third-order valence-electron chi connectivity index (χ3n) is 8.26. The fourth-order valence-corrected chi connectivity index (χ4v) is 5.50. The maximum Gasteiger partial charge on any atom is 0.119 e. The second-order valence-electron chi connectivity index (χ2n) is 12.2. The molecule has 0 aliphatic carbocycles. The number of unbranched alkanes of at least 4 members (excludes halogenated alkanes) is 20. The minimum absolute atomic E-state index is 0.816. The normalized spacial score (nSPS) is 11.5. The molecule has 41 heavy (non-hydrogen) atoms. The topological polar surface area (TPSA) is 21.6 Å². The molecule has 0 spiro atoms. The highest BCUT2D eigenvalue weighted by Crippen LogP contribution is 2.18. The lowest BCUT2D eigenvalue weighted by atomic mass is 10.0. The molecule has 0 aliphatic heterocycles. The van der Waals surface area contributed by atoms with Crippen molar-refractivity contribution in [2.75, 3.05) is 6.61 Å². The van der Waals surface area contributed by atoms with Gasteiger partial charge in [0.25, 0.3) is 0 Å². The molecule has 2 nitrogen and oxygen atoms in total. The molecule has 0 amide bonds. The first-order valence-corrected chi connectivity index (χ1v) is 17.7. The van der Waals surface area contributed by atoms with Crippen LogP contribution in [0.3, 0.4) is 0 Å². The zero-order chi connectivity index (χ0) is 29.1. The summed E-state index contributed by atoms with van der Waals surface area (Å²) in [7, 11) is 0. The highest BCUT2D eigenvalue weighted by Gasteiger charge is 1.98. The van der Waals surface area contributed by atoms with E-state index in [4.69, 9.17) is 4.74 Å². The number of hydrogen-bond acceptors (Lipinski definition) is 2. The molecule has 0 bridgehead atoms. The number of nitrogens with zero attached hydrogens (tertiary/aromatic N) is 1. The van der Waals surface area contributed by atoms with Crippen molar-refractivity contribution in [3.05, 3.63) is 59.7 Å². The highest BCUT2D eigenvalue weighted by atomic mass is 16.5. The summed E-state index contributed by atoms with van der Waals surface area (Å²) in [4.78, 5) is 4.66. The van der Waals surface area contributed by atoms with Crippen molar-refractivity contribution in [1.29, 1.82) is 0 Å². The van der Waals surface area contributed by atoms with Crippen LogP contribution in [0.25, 0.3) is 0 Å². The van der Waals surface area contributed by atoms with Crippen molar-refractivity contribution in [3.8, 4) is 5.75 Å². The Hall–Kier alpha value is -2.09. The van der Waals surface area contributed by atoms with Crippen LogP contribution in [0.5, 0.6) is 5.75 Å². The number of ether oxygens (including phenoxy) is 1. The Bertz CT molecular complexity index is 854. The van der Waals surface area contributed by atoms with Crippen LogP contribution >= 0.6 is 0 Å². The van der Waals surface area contributed by atoms with Crippen LogP contribution in [0.1, 0.15) is 166 Å². The quantitative estimate of drug-likeness (QED) is 0.0785. The van der Waals surface area contributed by atoms with E-state index in [1.165, 1.54) is 147 Å². The van der Waals surface area contributed by atoms with Gasteiger partial charge in [-0.15, -0.1) is 0 Å². The average Bonchev–Trinajstić information content (AvgIpc) is 3.00. The first kappa shape index (κ1) is 35.1. The maximum absolute atomic E-state index is 5.97. The van der Waals surface area contributed by atoms with Crippen molar-refractivity contribution in [3.63, 3.8) is 0 Å². The minimum Gasteiger partial charge on any atom is -0.494 e. The summed E-state index contributed by atoms with van der Waals surface area (Å²) in [6, 6.07) is 17.1. The third kappa shape index (κ3) is 19.6. The smallest absolute Gasteiger partial charge is 0.119 e. The summed E-state index contributed by atoms with van der Waals surface area (Å²) in [6.07, 6.45) is 33.6. The Morgan fingerprint density at radius 3 is 1.41 bits per heavy atom. The highest BCUT2D eigenvalue weighted by molar-refractivity contribution is 5.82. The largest absolute Gasteiger partial charge is 0.494 e. The summed E-state index contributed by atoms with van der Waals surface area (Å²) in [5, 5.41) is 0. The van der Waals surface area contributed by atoms with E-state index in [-0.39, 0.29) is 0 Å². The van der Waals surface area contributed by atoms with E-state index in [1.807, 2.05) is 6.21 Å². The number of aliphatic imine (C=N–C) groups is 1. The first-order valence-electron chi connectivity index (χ1n) is 17.7. The minimum atomic E-state index is 0.816. The molecule has 0 saturated heterocycles. The van der Waals surface area contributed by atoms with Crippen LogP contribution in [-0.4, -0.2) is 12.8 Å². The molecule has 0 radical (unpaired) electrons. The average molecular weight is 562 g/mol. The van der Waals surface area contributed by atoms with E-state index < -0.39 is 0 Å². The Morgan fingerprint density at radius 1 is 0.488 bits per heavy atom. The molecular formula is C39H63NO. The zero-order valence-corrected chi connectivity index (χ0v) is 27.0. The molecule has 2 aromatic carbocycles. The third-order valence-corrected chi connectivity index (χ3v) is 8.26. The van der Waals surface area contributed by atoms with E-state index in [1.54, 1.807) is 0 Å². The van der Waals surface area contributed by atoms with Crippen molar-refractivity contribution in [1.82, 2.24) is 0 Å². The zero-order valence-electron chi connectivity index (χ0n) is 27.0. The second-order valence-corrected chi connectivity index (χ2v) is 12.2. The first-order chi connectivity index (χ1) is 20.3. The number of rotatable bonds is 27. The molecular weight excluding hydrogens is 498 g/mol. The molecule has 2 aromatic rings. The molecule has 0 N–H and O–H groups in total. The fourth-order valence-electron chi connectivity index (χ4n) is 5.50. The predicted octanol–water partition coefficient (Wildman–Crippen LogP) is 13.0.